The Balaban J connectivity index is 2.08. The highest BCUT2D eigenvalue weighted by Gasteiger charge is 2.35. The van der Waals surface area contributed by atoms with E-state index in [4.69, 9.17) is 4.74 Å². The third kappa shape index (κ3) is 2.49. The molecule has 0 spiro atoms. The molecule has 1 unspecified atom stereocenters. The Kier molecular flexibility index (Phi) is 3.38. The molecule has 1 aliphatic heterocycles. The van der Waals surface area contributed by atoms with Gasteiger partial charge in [0.2, 0.25) is 0 Å². The molecule has 110 valence electrons. The number of aromatic nitrogens is 3. The van der Waals surface area contributed by atoms with Crippen molar-refractivity contribution < 1.29 is 14.1 Å². The predicted octanol–water partition coefficient (Wildman–Crippen LogP) is 1.64. The number of hydrogen-bond donors (Lipinski definition) is 0. The highest BCUT2D eigenvalue weighted by molar-refractivity contribution is 5.39. The molecule has 8 heteroatoms. The summed E-state index contributed by atoms with van der Waals surface area (Å²) in [5, 5.41) is 18.8. The second-order valence-corrected chi connectivity index (χ2v) is 5.08. The molecule has 1 aliphatic rings. The molecule has 2 aromatic rings. The van der Waals surface area contributed by atoms with Gasteiger partial charge in [0.1, 0.15) is 18.0 Å². The van der Waals surface area contributed by atoms with Crippen molar-refractivity contribution >= 4 is 5.69 Å². The first-order chi connectivity index (χ1) is 10.1. The van der Waals surface area contributed by atoms with E-state index in [2.05, 4.69) is 10.2 Å². The minimum absolute atomic E-state index is 0.106. The average molecular weight is 292 g/mol. The fourth-order valence-electron chi connectivity index (χ4n) is 2.53. The summed E-state index contributed by atoms with van der Waals surface area (Å²) in [6.07, 6.45) is 1.55. The van der Waals surface area contributed by atoms with Crippen LogP contribution >= 0.6 is 0 Å². The lowest BCUT2D eigenvalue weighted by atomic mass is 9.83. The second-order valence-electron chi connectivity index (χ2n) is 5.08. The van der Waals surface area contributed by atoms with E-state index >= 15 is 0 Å². The lowest BCUT2D eigenvalue weighted by Crippen LogP contribution is -2.35. The number of nitro groups is 1. The Hall–Kier alpha value is -2.35. The van der Waals surface area contributed by atoms with Gasteiger partial charge in [-0.15, -0.1) is 10.2 Å². The first kappa shape index (κ1) is 13.6. The predicted molar refractivity (Wildman–Crippen MR) is 70.2 cm³/mol. The molecule has 1 aromatic carbocycles. The molecular weight excluding hydrogens is 279 g/mol. The van der Waals surface area contributed by atoms with Gasteiger partial charge in [0.15, 0.2) is 0 Å². The molecule has 1 saturated heterocycles. The Labute approximate surface area is 119 Å². The van der Waals surface area contributed by atoms with Crippen molar-refractivity contribution in [2.24, 2.45) is 13.0 Å². The molecule has 2 heterocycles. The van der Waals surface area contributed by atoms with E-state index in [1.54, 1.807) is 17.9 Å². The van der Waals surface area contributed by atoms with Crippen molar-refractivity contribution in [3.05, 3.63) is 51.8 Å². The van der Waals surface area contributed by atoms with E-state index in [9.17, 15) is 14.5 Å². The normalized spacial score (nSPS) is 16.5. The zero-order valence-electron chi connectivity index (χ0n) is 11.3. The summed E-state index contributed by atoms with van der Waals surface area (Å²) in [5.41, 5.74) is 0.253. The number of ether oxygens (including phenoxy) is 1. The molecule has 0 aliphatic carbocycles. The monoisotopic (exact) mass is 292 g/mol. The molecule has 21 heavy (non-hydrogen) atoms. The van der Waals surface area contributed by atoms with Crippen LogP contribution in [0.4, 0.5) is 10.1 Å². The zero-order valence-corrected chi connectivity index (χ0v) is 11.3. The maximum Gasteiger partial charge on any atom is 0.272 e. The Morgan fingerprint density at radius 3 is 2.76 bits per heavy atom. The zero-order chi connectivity index (χ0) is 15.0. The number of nitrogens with zero attached hydrogens (tertiary/aromatic N) is 4. The van der Waals surface area contributed by atoms with Crippen LogP contribution in [0, 0.1) is 21.8 Å². The number of benzene rings is 1. The molecule has 0 N–H and O–H groups in total. The van der Waals surface area contributed by atoms with Crippen molar-refractivity contribution in [1.82, 2.24) is 14.8 Å². The van der Waals surface area contributed by atoms with Crippen molar-refractivity contribution in [2.75, 3.05) is 13.2 Å². The molecule has 3 rings (SSSR count). The van der Waals surface area contributed by atoms with Gasteiger partial charge < -0.3 is 9.30 Å². The van der Waals surface area contributed by atoms with Crippen LogP contribution in [0.15, 0.2) is 24.5 Å². The quantitative estimate of drug-likeness (QED) is 0.632. The molecular formula is C13H13FN4O3. The van der Waals surface area contributed by atoms with Gasteiger partial charge in [-0.05, 0) is 11.6 Å². The van der Waals surface area contributed by atoms with Gasteiger partial charge in [-0.2, -0.15) is 0 Å². The standard InChI is InChI=1S/C13H13FN4O3/c1-17-7-15-16-13(17)12(9-5-21-6-9)8-2-10(14)4-11(3-8)18(19)20/h2-4,7,9,12H,5-6H2,1H3. The van der Waals surface area contributed by atoms with Gasteiger partial charge in [0.25, 0.3) is 5.69 Å². The number of nitro benzene ring substituents is 1. The molecule has 7 nitrogen and oxygen atoms in total. The third-order valence-corrected chi connectivity index (χ3v) is 3.63. The smallest absolute Gasteiger partial charge is 0.272 e. The van der Waals surface area contributed by atoms with Crippen molar-refractivity contribution in [3.63, 3.8) is 0 Å². The van der Waals surface area contributed by atoms with E-state index in [0.717, 1.165) is 6.07 Å². The minimum atomic E-state index is -0.633. The second kappa shape index (κ2) is 5.21. The Morgan fingerprint density at radius 2 is 2.24 bits per heavy atom. The number of non-ortho nitro benzene ring substituents is 1. The van der Waals surface area contributed by atoms with Crippen molar-refractivity contribution in [1.29, 1.82) is 0 Å². The summed E-state index contributed by atoms with van der Waals surface area (Å²) >= 11 is 0. The van der Waals surface area contributed by atoms with Gasteiger partial charge in [-0.1, -0.05) is 0 Å². The lowest BCUT2D eigenvalue weighted by Gasteiger charge is -2.33. The van der Waals surface area contributed by atoms with Crippen LogP contribution in [-0.2, 0) is 11.8 Å². The fourth-order valence-corrected chi connectivity index (χ4v) is 2.53. The van der Waals surface area contributed by atoms with E-state index < -0.39 is 10.7 Å². The summed E-state index contributed by atoms with van der Waals surface area (Å²) in [6.45, 7) is 1.03. The first-order valence-corrected chi connectivity index (χ1v) is 6.43. The van der Waals surface area contributed by atoms with Gasteiger partial charge >= 0.3 is 0 Å². The number of halogens is 1. The van der Waals surface area contributed by atoms with Crippen LogP contribution in [0.2, 0.25) is 0 Å². The first-order valence-electron chi connectivity index (χ1n) is 6.43. The largest absolute Gasteiger partial charge is 0.381 e. The number of hydrogen-bond acceptors (Lipinski definition) is 5. The summed E-state index contributed by atoms with van der Waals surface area (Å²) in [4.78, 5) is 10.3. The van der Waals surface area contributed by atoms with E-state index in [1.165, 1.54) is 12.1 Å². The van der Waals surface area contributed by atoms with Gasteiger partial charge in [0.05, 0.1) is 30.1 Å². The average Bonchev–Trinajstić information content (AvgIpc) is 2.78. The van der Waals surface area contributed by atoms with Crippen LogP contribution in [0.1, 0.15) is 17.3 Å². The number of rotatable bonds is 4. The van der Waals surface area contributed by atoms with Crippen LogP contribution < -0.4 is 0 Å². The van der Waals surface area contributed by atoms with Gasteiger partial charge in [-0.25, -0.2) is 4.39 Å². The van der Waals surface area contributed by atoms with Crippen molar-refractivity contribution in [2.45, 2.75) is 5.92 Å². The van der Waals surface area contributed by atoms with E-state index in [-0.39, 0.29) is 17.5 Å². The molecule has 1 atom stereocenters. The minimum Gasteiger partial charge on any atom is -0.381 e. The molecule has 0 amide bonds. The maximum absolute atomic E-state index is 13.7. The lowest BCUT2D eigenvalue weighted by molar-refractivity contribution is -0.385. The Bertz CT molecular complexity index is 684. The maximum atomic E-state index is 13.7. The topological polar surface area (TPSA) is 83.1 Å². The fraction of sp³-hybridized carbons (Fsp3) is 0.385. The molecule has 0 radical (unpaired) electrons. The Morgan fingerprint density at radius 1 is 1.48 bits per heavy atom. The number of aryl methyl sites for hydroxylation is 1. The summed E-state index contributed by atoms with van der Waals surface area (Å²) in [6, 6.07) is 3.61. The highest BCUT2D eigenvalue weighted by atomic mass is 19.1. The van der Waals surface area contributed by atoms with Crippen LogP contribution in [0.5, 0.6) is 0 Å². The summed E-state index contributed by atoms with van der Waals surface area (Å²) in [5.74, 6) is -0.162. The van der Waals surface area contributed by atoms with E-state index in [0.29, 0.717) is 24.6 Å². The van der Waals surface area contributed by atoms with Gasteiger partial charge in [-0.3, -0.25) is 10.1 Å². The third-order valence-electron chi connectivity index (χ3n) is 3.63. The molecule has 1 aromatic heterocycles. The molecule has 0 saturated carbocycles. The SMILES string of the molecule is Cn1cnnc1C(c1cc(F)cc([N+](=O)[O-])c1)C1COC1. The van der Waals surface area contributed by atoms with Crippen molar-refractivity contribution in [3.8, 4) is 0 Å². The van der Waals surface area contributed by atoms with Gasteiger partial charge in [0, 0.05) is 19.0 Å². The molecule has 0 bridgehead atoms. The summed E-state index contributed by atoms with van der Waals surface area (Å²) < 4.78 is 20.6. The highest BCUT2D eigenvalue weighted by Crippen LogP contribution is 2.36. The van der Waals surface area contributed by atoms with Crippen LogP contribution in [-0.4, -0.2) is 32.9 Å². The van der Waals surface area contributed by atoms with E-state index in [1.807, 2.05) is 0 Å². The molecule has 1 fully saturated rings. The van der Waals surface area contributed by atoms with Crippen LogP contribution in [0.3, 0.4) is 0 Å². The van der Waals surface area contributed by atoms with Crippen LogP contribution in [0.25, 0.3) is 0 Å². The summed E-state index contributed by atoms with van der Waals surface area (Å²) in [7, 11) is 1.79.